The van der Waals surface area contributed by atoms with Gasteiger partial charge < -0.3 is 79.5 Å². The maximum absolute atomic E-state index is 14.1. The second-order valence-corrected chi connectivity index (χ2v) is 12.8. The van der Waals surface area contributed by atoms with Gasteiger partial charge in [0.15, 0.2) is 18.5 Å². The molecule has 3 aromatic carbocycles. The Kier molecular flexibility index (Phi) is 11.7. The van der Waals surface area contributed by atoms with Gasteiger partial charge in [0, 0.05) is 18.2 Å². The van der Waals surface area contributed by atoms with Crippen LogP contribution < -0.4 is 9.47 Å². The van der Waals surface area contributed by atoms with Crippen molar-refractivity contribution in [2.45, 2.75) is 73.6 Å². The number of carbonyl (C=O) groups excluding carboxylic acids is 2. The first-order valence-electron chi connectivity index (χ1n) is 16.6. The highest BCUT2D eigenvalue weighted by Gasteiger charge is 2.50. The Hall–Kier alpha value is -4.86. The third-order valence-corrected chi connectivity index (χ3v) is 9.05. The van der Waals surface area contributed by atoms with Gasteiger partial charge in [-0.15, -0.1) is 0 Å². The summed E-state index contributed by atoms with van der Waals surface area (Å²) in [4.78, 5) is 26.5. The molecule has 0 spiro atoms. The zero-order chi connectivity index (χ0) is 38.8. The van der Waals surface area contributed by atoms with Gasteiger partial charge in [-0.25, -0.2) is 4.79 Å². The largest absolute Gasteiger partial charge is 0.508 e. The van der Waals surface area contributed by atoms with Crippen LogP contribution >= 0.6 is 0 Å². The molecule has 3 heterocycles. The summed E-state index contributed by atoms with van der Waals surface area (Å²) in [7, 11) is 0. The number of phenolic OH excluding ortho intramolecular Hbond substituents is 3. The second kappa shape index (κ2) is 16.2. The van der Waals surface area contributed by atoms with E-state index in [4.69, 9.17) is 28.4 Å². The van der Waals surface area contributed by atoms with E-state index >= 15 is 0 Å². The van der Waals surface area contributed by atoms with Crippen LogP contribution in [0.15, 0.2) is 66.7 Å². The van der Waals surface area contributed by atoms with Gasteiger partial charge >= 0.3 is 5.97 Å². The van der Waals surface area contributed by atoms with Crippen molar-refractivity contribution in [1.82, 2.24) is 0 Å². The van der Waals surface area contributed by atoms with Gasteiger partial charge in [-0.05, 0) is 41.5 Å². The smallest absolute Gasteiger partial charge is 0.330 e. The molecule has 3 aliphatic rings. The summed E-state index contributed by atoms with van der Waals surface area (Å²) in [6, 6.07) is 13.4. The molecule has 2 saturated heterocycles. The van der Waals surface area contributed by atoms with Crippen LogP contribution in [-0.4, -0.2) is 144 Å². The summed E-state index contributed by atoms with van der Waals surface area (Å²) in [6.45, 7) is -1.35. The number of aliphatic hydroxyl groups excluding tert-OH is 7. The molecule has 2 fully saturated rings. The van der Waals surface area contributed by atoms with Gasteiger partial charge in [0.1, 0.15) is 89.7 Å². The summed E-state index contributed by atoms with van der Waals surface area (Å²) < 4.78 is 33.9. The minimum Gasteiger partial charge on any atom is -0.508 e. The SMILES string of the molecule is O=C(/C=C/c1ccc(O)cc1)OC[C@H]1O[C@@H](O[C@@H]2C(=O)c3c(O)cc(O[C@H]4O[C@@H](CO)[C@H](O)[C@@H](O)[C@@H]4O)cc3O[C@H]2c2ccc(O)cc2)[C@H](O)[C@@H](O)[C@@H]1O. The predicted octanol–water partition coefficient (Wildman–Crippen LogP) is -1.25. The van der Waals surface area contributed by atoms with E-state index in [0.717, 1.165) is 18.2 Å². The van der Waals surface area contributed by atoms with Crippen LogP contribution in [0.25, 0.3) is 6.08 Å². The average molecular weight is 759 g/mol. The molecular formula is C36H38O18. The van der Waals surface area contributed by atoms with Crippen molar-refractivity contribution in [2.24, 2.45) is 0 Å². The molecule has 54 heavy (non-hydrogen) atoms. The average Bonchev–Trinajstić information content (AvgIpc) is 3.15. The molecule has 290 valence electrons. The van der Waals surface area contributed by atoms with Crippen molar-refractivity contribution < 1.29 is 89.1 Å². The first kappa shape index (κ1) is 38.9. The summed E-state index contributed by atoms with van der Waals surface area (Å²) >= 11 is 0. The summed E-state index contributed by atoms with van der Waals surface area (Å²) in [6.07, 6.45) is -17.7. The first-order chi connectivity index (χ1) is 25.7. The first-order valence-corrected chi connectivity index (χ1v) is 16.6. The van der Waals surface area contributed by atoms with Gasteiger partial charge in [0.2, 0.25) is 12.1 Å². The van der Waals surface area contributed by atoms with Crippen molar-refractivity contribution in [1.29, 1.82) is 0 Å². The molecule has 18 heteroatoms. The Morgan fingerprint density at radius 3 is 1.98 bits per heavy atom. The van der Waals surface area contributed by atoms with Crippen LogP contribution in [0, 0.1) is 0 Å². The third-order valence-electron chi connectivity index (χ3n) is 9.05. The van der Waals surface area contributed by atoms with Crippen molar-refractivity contribution in [3.63, 3.8) is 0 Å². The number of hydrogen-bond donors (Lipinski definition) is 10. The number of aromatic hydroxyl groups is 3. The standard InChI is InChI=1S/C36H38O18/c37-13-22-26(42)29(45)31(47)35(52-22)50-19-11-20(40)25-21(12-19)51-33(16-4-8-18(39)9-5-16)34(28(25)44)54-36-32(48)30(46)27(43)23(53-36)14-49-24(41)10-3-15-1-6-17(38)7-2-15/h1-12,22-23,26-27,29-40,42-43,45-48H,13-14H2/b10-3+/t22-,23+,26-,27+,29+,30-,31-,32+,33-,34+,35-,36-/m0/s1. The van der Waals surface area contributed by atoms with Crippen LogP contribution in [0.5, 0.6) is 28.7 Å². The lowest BCUT2D eigenvalue weighted by Gasteiger charge is -2.42. The number of ketones is 1. The van der Waals surface area contributed by atoms with E-state index in [2.05, 4.69) is 0 Å². The van der Waals surface area contributed by atoms with E-state index in [1.54, 1.807) is 12.1 Å². The van der Waals surface area contributed by atoms with E-state index in [1.165, 1.54) is 42.5 Å². The third kappa shape index (κ3) is 8.12. The number of aliphatic hydroxyl groups is 7. The van der Waals surface area contributed by atoms with E-state index in [0.29, 0.717) is 5.56 Å². The second-order valence-electron chi connectivity index (χ2n) is 12.8. The molecule has 18 nitrogen and oxygen atoms in total. The van der Waals surface area contributed by atoms with Gasteiger partial charge in [-0.2, -0.15) is 0 Å². The Labute approximate surface area is 305 Å². The number of hydrogen-bond acceptors (Lipinski definition) is 18. The highest BCUT2D eigenvalue weighted by Crippen LogP contribution is 2.44. The zero-order valence-corrected chi connectivity index (χ0v) is 28.0. The summed E-state index contributed by atoms with van der Waals surface area (Å²) in [5.74, 6) is -3.08. The van der Waals surface area contributed by atoms with Gasteiger partial charge in [0.25, 0.3) is 0 Å². The number of ether oxygens (including phenoxy) is 6. The lowest BCUT2D eigenvalue weighted by atomic mass is 9.92. The Morgan fingerprint density at radius 2 is 1.33 bits per heavy atom. The quantitative estimate of drug-likeness (QED) is 0.0853. The molecule has 0 bridgehead atoms. The fourth-order valence-electron chi connectivity index (χ4n) is 6.08. The fraction of sp³-hybridized carbons (Fsp3) is 0.389. The maximum atomic E-state index is 14.1. The molecule has 3 aliphatic heterocycles. The minimum atomic E-state index is -1.95. The number of fused-ring (bicyclic) bond motifs is 1. The number of carbonyl (C=O) groups is 2. The lowest BCUT2D eigenvalue weighted by Crippen LogP contribution is -2.60. The number of esters is 1. The Bertz CT molecular complexity index is 1810. The molecule has 6 rings (SSSR count). The number of phenols is 3. The number of rotatable bonds is 10. The van der Waals surface area contributed by atoms with Crippen LogP contribution in [-0.2, 0) is 23.7 Å². The van der Waals surface area contributed by atoms with Gasteiger partial charge in [-0.1, -0.05) is 24.3 Å². The molecule has 0 aliphatic carbocycles. The Morgan fingerprint density at radius 1 is 0.741 bits per heavy atom. The topological polar surface area (TPSA) is 292 Å². The van der Waals surface area contributed by atoms with Gasteiger partial charge in [-0.3, -0.25) is 4.79 Å². The summed E-state index contributed by atoms with van der Waals surface area (Å²) in [5, 5.41) is 103. The van der Waals surface area contributed by atoms with E-state index in [-0.39, 0.29) is 28.6 Å². The molecule has 0 amide bonds. The van der Waals surface area contributed by atoms with Crippen LogP contribution in [0.1, 0.15) is 27.6 Å². The Balaban J connectivity index is 1.22. The lowest BCUT2D eigenvalue weighted by molar-refractivity contribution is -0.312. The molecule has 0 unspecified atom stereocenters. The van der Waals surface area contributed by atoms with Crippen molar-refractivity contribution in [2.75, 3.05) is 13.2 Å². The summed E-state index contributed by atoms with van der Waals surface area (Å²) in [5.41, 5.74) is 0.389. The minimum absolute atomic E-state index is 0.0291. The molecule has 0 radical (unpaired) electrons. The van der Waals surface area contributed by atoms with Crippen LogP contribution in [0.3, 0.4) is 0 Å². The monoisotopic (exact) mass is 758 g/mol. The van der Waals surface area contributed by atoms with E-state index < -0.39 is 110 Å². The molecule has 12 atom stereocenters. The molecule has 0 aromatic heterocycles. The highest BCUT2D eigenvalue weighted by molar-refractivity contribution is 6.05. The normalized spacial score (nSPS) is 32.5. The van der Waals surface area contributed by atoms with Crippen molar-refractivity contribution in [3.8, 4) is 28.7 Å². The maximum Gasteiger partial charge on any atom is 0.330 e. The fourth-order valence-corrected chi connectivity index (χ4v) is 6.08. The molecule has 0 saturated carbocycles. The molecule has 3 aromatic rings. The van der Waals surface area contributed by atoms with Gasteiger partial charge in [0.05, 0.1) is 6.61 Å². The predicted molar refractivity (Wildman–Crippen MR) is 178 cm³/mol. The number of Topliss-reactive ketones (excluding diaryl/α,β-unsaturated/α-hetero) is 1. The van der Waals surface area contributed by atoms with Crippen LogP contribution in [0.2, 0.25) is 0 Å². The highest BCUT2D eigenvalue weighted by atomic mass is 16.7. The molecular weight excluding hydrogens is 720 g/mol. The van der Waals surface area contributed by atoms with Crippen molar-refractivity contribution in [3.05, 3.63) is 83.4 Å². The van der Waals surface area contributed by atoms with E-state index in [9.17, 15) is 60.7 Å². The van der Waals surface area contributed by atoms with Crippen molar-refractivity contribution >= 4 is 17.8 Å². The number of benzene rings is 3. The zero-order valence-electron chi connectivity index (χ0n) is 28.0. The molecule has 10 N–H and O–H groups in total. The van der Waals surface area contributed by atoms with E-state index in [1.807, 2.05) is 0 Å². The van der Waals surface area contributed by atoms with Crippen LogP contribution in [0.4, 0.5) is 0 Å².